The van der Waals surface area contributed by atoms with Crippen LogP contribution in [0, 0.1) is 37.5 Å². The van der Waals surface area contributed by atoms with Crippen LogP contribution in [0.4, 0.5) is 0 Å². The Labute approximate surface area is 259 Å². The van der Waals surface area contributed by atoms with Crippen molar-refractivity contribution < 1.29 is 0 Å². The molecule has 5 nitrogen and oxygen atoms in total. The highest BCUT2D eigenvalue weighted by molar-refractivity contribution is 5.64. The average molecular weight is 572 g/mol. The van der Waals surface area contributed by atoms with Crippen molar-refractivity contribution in [3.63, 3.8) is 0 Å². The molecule has 2 aromatic heterocycles. The summed E-state index contributed by atoms with van der Waals surface area (Å²) >= 11 is 0. The van der Waals surface area contributed by atoms with Crippen LogP contribution in [0.25, 0.3) is 28.5 Å². The summed E-state index contributed by atoms with van der Waals surface area (Å²) in [5.41, 5.74) is 9.37. The summed E-state index contributed by atoms with van der Waals surface area (Å²) in [6.45, 7) is 6.40. The van der Waals surface area contributed by atoms with Crippen molar-refractivity contribution in [1.29, 1.82) is 0 Å². The van der Waals surface area contributed by atoms with Crippen molar-refractivity contribution in [2.24, 2.45) is 7.05 Å². The van der Waals surface area contributed by atoms with Gasteiger partial charge in [0.05, 0.1) is 5.69 Å². The Hall–Kier alpha value is -5.65. The highest BCUT2D eigenvalue weighted by atomic mass is 15.3. The van der Waals surface area contributed by atoms with Crippen LogP contribution >= 0.6 is 0 Å². The van der Waals surface area contributed by atoms with Crippen LogP contribution in [-0.4, -0.2) is 24.3 Å². The predicted molar refractivity (Wildman–Crippen MR) is 177 cm³/mol. The summed E-state index contributed by atoms with van der Waals surface area (Å²) in [5, 5.41) is 4.53. The smallest absolute Gasteiger partial charge is 0.158 e. The average Bonchev–Trinajstić information content (AvgIpc) is 3.66. The number of aromatic nitrogens is 5. The van der Waals surface area contributed by atoms with E-state index in [1.165, 1.54) is 16.8 Å². The molecule has 0 aliphatic carbocycles. The minimum Gasteiger partial charge on any atom is -0.299 e. The molecular weight excluding hydrogens is 538 g/mol. The standard InChI is InChI=1S/C39H33N5/c1-5-9-36-41-39(43(4)42-36)35-15-8-13-33(27-35)23-21-31-18-16-30(17-19-31)20-22-32-12-7-14-34(26-32)38-40-24-25-44(38)37-28(2)10-6-11-29(37)3/h6-8,10-19,24-27H,5,9H2,1-4H3. The summed E-state index contributed by atoms with van der Waals surface area (Å²) in [6.07, 6.45) is 5.77. The molecule has 0 radical (unpaired) electrons. The van der Waals surface area contributed by atoms with E-state index in [4.69, 9.17) is 4.98 Å². The van der Waals surface area contributed by atoms with Crippen LogP contribution < -0.4 is 0 Å². The summed E-state index contributed by atoms with van der Waals surface area (Å²) < 4.78 is 4.00. The second-order valence-corrected chi connectivity index (χ2v) is 10.8. The molecule has 0 fully saturated rings. The summed E-state index contributed by atoms with van der Waals surface area (Å²) in [6, 6.07) is 30.8. The monoisotopic (exact) mass is 571 g/mol. The molecule has 2 heterocycles. The molecule has 0 aliphatic heterocycles. The zero-order chi connectivity index (χ0) is 30.5. The Kier molecular flexibility index (Phi) is 8.21. The van der Waals surface area contributed by atoms with Gasteiger partial charge in [-0.05, 0) is 79.9 Å². The zero-order valence-corrected chi connectivity index (χ0v) is 25.5. The lowest BCUT2D eigenvalue weighted by molar-refractivity contribution is 0.737. The fraction of sp³-hybridized carbons (Fsp3) is 0.154. The van der Waals surface area contributed by atoms with Gasteiger partial charge in [0.25, 0.3) is 0 Å². The molecule has 0 unspecified atom stereocenters. The van der Waals surface area contributed by atoms with E-state index >= 15 is 0 Å². The Morgan fingerprint density at radius 3 is 1.80 bits per heavy atom. The van der Waals surface area contributed by atoms with Crippen LogP contribution in [-0.2, 0) is 13.5 Å². The molecule has 0 N–H and O–H groups in total. The van der Waals surface area contributed by atoms with Crippen LogP contribution in [0.3, 0.4) is 0 Å². The van der Waals surface area contributed by atoms with Gasteiger partial charge in [0, 0.05) is 59.2 Å². The van der Waals surface area contributed by atoms with Gasteiger partial charge >= 0.3 is 0 Å². The van der Waals surface area contributed by atoms with Crippen molar-refractivity contribution in [2.45, 2.75) is 33.6 Å². The Balaban J connectivity index is 1.18. The SMILES string of the molecule is CCCc1nc(-c2cccc(C#Cc3ccc(C#Cc4cccc(-c5nccn5-c5c(C)cccc5C)c4)cc3)c2)n(C)n1. The maximum Gasteiger partial charge on any atom is 0.158 e. The molecule has 0 bridgehead atoms. The second kappa shape index (κ2) is 12.7. The van der Waals surface area contributed by atoms with E-state index in [1.54, 1.807) is 0 Å². The van der Waals surface area contributed by atoms with Gasteiger partial charge < -0.3 is 0 Å². The molecule has 0 saturated carbocycles. The number of imidazole rings is 1. The van der Waals surface area contributed by atoms with E-state index < -0.39 is 0 Å². The third-order valence-corrected chi connectivity index (χ3v) is 7.43. The number of benzene rings is 4. The number of rotatable bonds is 5. The van der Waals surface area contributed by atoms with E-state index in [0.717, 1.165) is 63.7 Å². The normalized spacial score (nSPS) is 10.5. The van der Waals surface area contributed by atoms with Gasteiger partial charge in [-0.25, -0.2) is 14.6 Å². The first-order valence-corrected chi connectivity index (χ1v) is 14.8. The largest absolute Gasteiger partial charge is 0.299 e. The lowest BCUT2D eigenvalue weighted by Crippen LogP contribution is -2.01. The third-order valence-electron chi connectivity index (χ3n) is 7.43. The lowest BCUT2D eigenvalue weighted by atomic mass is 10.1. The Bertz CT molecular complexity index is 2050. The van der Waals surface area contributed by atoms with E-state index in [2.05, 4.69) is 95.5 Å². The van der Waals surface area contributed by atoms with Crippen molar-refractivity contribution in [3.8, 4) is 52.1 Å². The molecule has 44 heavy (non-hydrogen) atoms. The van der Waals surface area contributed by atoms with E-state index in [9.17, 15) is 0 Å². The van der Waals surface area contributed by atoms with Gasteiger partial charge in [-0.3, -0.25) is 4.57 Å². The van der Waals surface area contributed by atoms with Crippen molar-refractivity contribution in [2.75, 3.05) is 0 Å². The van der Waals surface area contributed by atoms with Crippen LogP contribution in [0.5, 0.6) is 0 Å². The number of hydrogen-bond donors (Lipinski definition) is 0. The fourth-order valence-electron chi connectivity index (χ4n) is 5.30. The number of aryl methyl sites for hydroxylation is 4. The van der Waals surface area contributed by atoms with E-state index in [-0.39, 0.29) is 0 Å². The zero-order valence-electron chi connectivity index (χ0n) is 25.5. The van der Waals surface area contributed by atoms with Gasteiger partial charge in [-0.15, -0.1) is 0 Å². The molecular formula is C39H33N5. The first-order valence-electron chi connectivity index (χ1n) is 14.8. The van der Waals surface area contributed by atoms with Crippen LogP contribution in [0.2, 0.25) is 0 Å². The maximum absolute atomic E-state index is 4.71. The highest BCUT2D eigenvalue weighted by Crippen LogP contribution is 2.26. The highest BCUT2D eigenvalue weighted by Gasteiger charge is 2.12. The van der Waals surface area contributed by atoms with Gasteiger partial charge in [0.1, 0.15) is 5.82 Å². The molecule has 5 heteroatoms. The van der Waals surface area contributed by atoms with Crippen LogP contribution in [0.15, 0.2) is 103 Å². The van der Waals surface area contributed by atoms with Gasteiger partial charge in [0.2, 0.25) is 0 Å². The summed E-state index contributed by atoms with van der Waals surface area (Å²) in [4.78, 5) is 9.39. The maximum atomic E-state index is 4.71. The minimum absolute atomic E-state index is 0.858. The molecule has 0 amide bonds. The molecule has 0 saturated heterocycles. The lowest BCUT2D eigenvalue weighted by Gasteiger charge is -2.14. The topological polar surface area (TPSA) is 48.5 Å². The molecule has 4 aromatic carbocycles. The fourth-order valence-corrected chi connectivity index (χ4v) is 5.30. The molecule has 0 spiro atoms. The van der Waals surface area contributed by atoms with Gasteiger partial charge in [-0.2, -0.15) is 5.10 Å². The summed E-state index contributed by atoms with van der Waals surface area (Å²) in [5.74, 6) is 15.8. The number of nitrogens with zero attached hydrogens (tertiary/aromatic N) is 5. The number of hydrogen-bond acceptors (Lipinski definition) is 3. The van der Waals surface area contributed by atoms with Gasteiger partial charge in [0.15, 0.2) is 11.6 Å². The first kappa shape index (κ1) is 28.5. The van der Waals surface area contributed by atoms with Crippen molar-refractivity contribution >= 4 is 0 Å². The van der Waals surface area contributed by atoms with Gasteiger partial charge in [-0.1, -0.05) is 73.1 Å². The predicted octanol–water partition coefficient (Wildman–Crippen LogP) is 7.70. The summed E-state index contributed by atoms with van der Waals surface area (Å²) in [7, 11) is 1.93. The molecule has 0 atom stereocenters. The Morgan fingerprint density at radius 2 is 1.20 bits per heavy atom. The molecule has 214 valence electrons. The third kappa shape index (κ3) is 6.24. The van der Waals surface area contributed by atoms with Crippen molar-refractivity contribution in [1.82, 2.24) is 24.3 Å². The minimum atomic E-state index is 0.858. The molecule has 0 aliphatic rings. The quantitative estimate of drug-likeness (QED) is 0.199. The molecule has 6 rings (SSSR count). The second-order valence-electron chi connectivity index (χ2n) is 10.8. The van der Waals surface area contributed by atoms with E-state index in [1.807, 2.05) is 78.7 Å². The first-order chi connectivity index (χ1) is 21.5. The Morgan fingerprint density at radius 1 is 0.659 bits per heavy atom. The van der Waals surface area contributed by atoms with Crippen LogP contribution in [0.1, 0.15) is 52.5 Å². The van der Waals surface area contributed by atoms with Crippen molar-refractivity contribution in [3.05, 3.63) is 143 Å². The molecule has 6 aromatic rings. The van der Waals surface area contributed by atoms with E-state index in [0.29, 0.717) is 0 Å². The number of para-hydroxylation sites is 1.